The Balaban J connectivity index is 2.76. The molecule has 72 valence electrons. The molecule has 0 saturated heterocycles. The Kier molecular flexibility index (Phi) is 3.80. The van der Waals surface area contributed by atoms with Crippen molar-refractivity contribution in [3.63, 3.8) is 0 Å². The van der Waals surface area contributed by atoms with Crippen LogP contribution in [-0.2, 0) is 0 Å². The summed E-state index contributed by atoms with van der Waals surface area (Å²) in [5.41, 5.74) is 2.79. The van der Waals surface area contributed by atoms with Crippen molar-refractivity contribution < 1.29 is 0 Å². The Labute approximate surface area is 85.9 Å². The number of halogens is 1. The first-order valence-corrected chi connectivity index (χ1v) is 5.24. The second-order valence-electron chi connectivity index (χ2n) is 3.77. The molecule has 0 aliphatic rings. The summed E-state index contributed by atoms with van der Waals surface area (Å²) in [4.78, 5) is 0. The van der Waals surface area contributed by atoms with Gasteiger partial charge in [0, 0.05) is 5.38 Å². The maximum atomic E-state index is 5.97. The summed E-state index contributed by atoms with van der Waals surface area (Å²) >= 11 is 5.97. The van der Waals surface area contributed by atoms with Crippen LogP contribution in [0.1, 0.15) is 37.3 Å². The second kappa shape index (κ2) is 4.66. The van der Waals surface area contributed by atoms with Gasteiger partial charge in [-0.1, -0.05) is 31.2 Å². The Morgan fingerprint density at radius 3 is 2.38 bits per heavy atom. The minimum atomic E-state index is 0.259. The first-order valence-electron chi connectivity index (χ1n) is 4.81. The molecule has 1 aromatic carbocycles. The predicted octanol–water partition coefficient (Wildman–Crippen LogP) is 4.12. The summed E-state index contributed by atoms with van der Waals surface area (Å²) in [6.07, 6.45) is 1.05. The highest BCUT2D eigenvalue weighted by Gasteiger charge is 2.10. The third-order valence-electron chi connectivity index (χ3n) is 2.40. The van der Waals surface area contributed by atoms with E-state index in [2.05, 4.69) is 45.0 Å². The smallest absolute Gasteiger partial charge is 0.0313 e. The fraction of sp³-hybridized carbons (Fsp3) is 0.500. The maximum Gasteiger partial charge on any atom is 0.0313 e. The third kappa shape index (κ3) is 3.04. The SMILES string of the molecule is Cc1ccccc1C(C)CC(C)Cl. The lowest BCUT2D eigenvalue weighted by atomic mass is 9.93. The Hall–Kier alpha value is -0.490. The second-order valence-corrected chi connectivity index (χ2v) is 4.52. The van der Waals surface area contributed by atoms with Crippen molar-refractivity contribution >= 4 is 11.6 Å². The minimum Gasteiger partial charge on any atom is -0.123 e. The summed E-state index contributed by atoms with van der Waals surface area (Å²) < 4.78 is 0. The maximum absolute atomic E-state index is 5.97. The van der Waals surface area contributed by atoms with Crippen LogP contribution >= 0.6 is 11.6 Å². The van der Waals surface area contributed by atoms with Crippen LogP contribution in [0, 0.1) is 6.92 Å². The lowest BCUT2D eigenvalue weighted by Gasteiger charge is -2.15. The molecule has 2 unspecified atom stereocenters. The number of hydrogen-bond acceptors (Lipinski definition) is 0. The van der Waals surface area contributed by atoms with Crippen molar-refractivity contribution in [1.29, 1.82) is 0 Å². The van der Waals surface area contributed by atoms with Crippen molar-refractivity contribution in [3.05, 3.63) is 35.4 Å². The molecular weight excluding hydrogens is 180 g/mol. The third-order valence-corrected chi connectivity index (χ3v) is 2.58. The highest BCUT2D eigenvalue weighted by atomic mass is 35.5. The van der Waals surface area contributed by atoms with Crippen molar-refractivity contribution in [2.75, 3.05) is 0 Å². The molecule has 0 aromatic heterocycles. The lowest BCUT2D eigenvalue weighted by molar-refractivity contribution is 0.667. The largest absolute Gasteiger partial charge is 0.123 e. The van der Waals surface area contributed by atoms with E-state index >= 15 is 0 Å². The number of aryl methyl sites for hydroxylation is 1. The summed E-state index contributed by atoms with van der Waals surface area (Å²) in [6, 6.07) is 8.53. The van der Waals surface area contributed by atoms with E-state index in [9.17, 15) is 0 Å². The molecule has 0 aliphatic heterocycles. The molecule has 2 atom stereocenters. The van der Waals surface area contributed by atoms with E-state index < -0.39 is 0 Å². The van der Waals surface area contributed by atoms with Gasteiger partial charge in [-0.15, -0.1) is 11.6 Å². The molecule has 1 aromatic rings. The van der Waals surface area contributed by atoms with Gasteiger partial charge in [-0.2, -0.15) is 0 Å². The quantitative estimate of drug-likeness (QED) is 0.639. The summed E-state index contributed by atoms with van der Waals surface area (Å²) in [5, 5.41) is 0.259. The summed E-state index contributed by atoms with van der Waals surface area (Å²) in [5.74, 6) is 0.564. The molecule has 0 bridgehead atoms. The van der Waals surface area contributed by atoms with Crippen molar-refractivity contribution in [1.82, 2.24) is 0 Å². The molecule has 0 amide bonds. The van der Waals surface area contributed by atoms with E-state index in [0.717, 1.165) is 6.42 Å². The zero-order valence-electron chi connectivity index (χ0n) is 8.55. The standard InChI is InChI=1S/C12H17Cl/c1-9-6-4-5-7-12(9)10(2)8-11(3)13/h4-7,10-11H,8H2,1-3H3. The lowest BCUT2D eigenvalue weighted by Crippen LogP contribution is -2.02. The molecule has 0 aliphatic carbocycles. The Morgan fingerprint density at radius 2 is 1.85 bits per heavy atom. The molecule has 13 heavy (non-hydrogen) atoms. The summed E-state index contributed by atoms with van der Waals surface area (Å²) in [6.45, 7) is 6.45. The molecule has 1 heteroatoms. The minimum absolute atomic E-state index is 0.259. The van der Waals surface area contributed by atoms with Gasteiger partial charge in [0.1, 0.15) is 0 Å². The average Bonchev–Trinajstić information content (AvgIpc) is 2.03. The Bertz CT molecular complexity index is 266. The van der Waals surface area contributed by atoms with Crippen molar-refractivity contribution in [3.8, 4) is 0 Å². The van der Waals surface area contributed by atoms with Crippen molar-refractivity contribution in [2.24, 2.45) is 0 Å². The van der Waals surface area contributed by atoms with Crippen LogP contribution in [0.2, 0.25) is 0 Å². The monoisotopic (exact) mass is 196 g/mol. The van der Waals surface area contributed by atoms with E-state index in [1.165, 1.54) is 11.1 Å². The van der Waals surface area contributed by atoms with Gasteiger partial charge in [-0.05, 0) is 37.3 Å². The van der Waals surface area contributed by atoms with Gasteiger partial charge < -0.3 is 0 Å². The van der Waals surface area contributed by atoms with Gasteiger partial charge >= 0.3 is 0 Å². The van der Waals surface area contributed by atoms with E-state index in [4.69, 9.17) is 11.6 Å². The average molecular weight is 197 g/mol. The highest BCUT2D eigenvalue weighted by molar-refractivity contribution is 6.20. The van der Waals surface area contributed by atoms with Crippen LogP contribution in [0.5, 0.6) is 0 Å². The fourth-order valence-electron chi connectivity index (χ4n) is 1.75. The van der Waals surface area contributed by atoms with Crippen LogP contribution in [0.4, 0.5) is 0 Å². The van der Waals surface area contributed by atoms with Gasteiger partial charge in [0.25, 0.3) is 0 Å². The number of rotatable bonds is 3. The van der Waals surface area contributed by atoms with Crippen LogP contribution in [0.15, 0.2) is 24.3 Å². The Morgan fingerprint density at radius 1 is 1.23 bits per heavy atom. The normalized spacial score (nSPS) is 15.4. The van der Waals surface area contributed by atoms with Gasteiger partial charge in [0.05, 0.1) is 0 Å². The number of alkyl halides is 1. The van der Waals surface area contributed by atoms with Gasteiger partial charge in [-0.3, -0.25) is 0 Å². The van der Waals surface area contributed by atoms with Gasteiger partial charge in [-0.25, -0.2) is 0 Å². The first-order chi connectivity index (χ1) is 6.11. The summed E-state index contributed by atoms with van der Waals surface area (Å²) in [7, 11) is 0. The molecule has 1 rings (SSSR count). The fourth-order valence-corrected chi connectivity index (χ4v) is 2.02. The van der Waals surface area contributed by atoms with E-state index in [1.807, 2.05) is 0 Å². The van der Waals surface area contributed by atoms with E-state index in [0.29, 0.717) is 5.92 Å². The highest BCUT2D eigenvalue weighted by Crippen LogP contribution is 2.24. The number of hydrogen-bond donors (Lipinski definition) is 0. The molecular formula is C12H17Cl. The van der Waals surface area contributed by atoms with Crippen LogP contribution in [0.3, 0.4) is 0 Å². The first kappa shape index (κ1) is 10.6. The van der Waals surface area contributed by atoms with E-state index in [1.54, 1.807) is 0 Å². The number of benzene rings is 1. The van der Waals surface area contributed by atoms with Crippen molar-refractivity contribution in [2.45, 2.75) is 38.5 Å². The molecule has 0 saturated carbocycles. The predicted molar refractivity (Wildman–Crippen MR) is 59.5 cm³/mol. The molecule has 0 spiro atoms. The topological polar surface area (TPSA) is 0 Å². The zero-order chi connectivity index (χ0) is 9.84. The van der Waals surface area contributed by atoms with Gasteiger partial charge in [0.15, 0.2) is 0 Å². The van der Waals surface area contributed by atoms with Crippen LogP contribution < -0.4 is 0 Å². The van der Waals surface area contributed by atoms with Gasteiger partial charge in [0.2, 0.25) is 0 Å². The molecule has 0 N–H and O–H groups in total. The molecule has 0 nitrogen and oxygen atoms in total. The molecule has 0 fully saturated rings. The molecule has 0 radical (unpaired) electrons. The van der Waals surface area contributed by atoms with Crippen LogP contribution in [0.25, 0.3) is 0 Å². The zero-order valence-corrected chi connectivity index (χ0v) is 9.31. The van der Waals surface area contributed by atoms with Crippen LogP contribution in [-0.4, -0.2) is 5.38 Å². The molecule has 0 heterocycles. The van der Waals surface area contributed by atoms with E-state index in [-0.39, 0.29) is 5.38 Å².